The SMILES string of the molecule is Cc1cccc(C2OC(=O)/C(=C\c3ccc(OCc4c(Cl)cccc4Cl)cc3)C2C(=O)O)c1. The number of hydrogen-bond donors (Lipinski definition) is 1. The van der Waals surface area contributed by atoms with Crippen molar-refractivity contribution in [2.75, 3.05) is 0 Å². The van der Waals surface area contributed by atoms with Gasteiger partial charge in [-0.25, -0.2) is 4.79 Å². The third kappa shape index (κ3) is 5.05. The van der Waals surface area contributed by atoms with E-state index in [0.717, 1.165) is 5.56 Å². The fourth-order valence-electron chi connectivity index (χ4n) is 3.73. The Labute approximate surface area is 201 Å². The van der Waals surface area contributed by atoms with Crippen molar-refractivity contribution in [3.63, 3.8) is 0 Å². The van der Waals surface area contributed by atoms with E-state index in [1.165, 1.54) is 0 Å². The molecule has 2 atom stereocenters. The Balaban J connectivity index is 1.54. The number of carbonyl (C=O) groups excluding carboxylic acids is 1. The van der Waals surface area contributed by atoms with E-state index in [0.29, 0.717) is 32.5 Å². The monoisotopic (exact) mass is 482 g/mol. The zero-order valence-electron chi connectivity index (χ0n) is 17.6. The molecule has 2 unspecified atom stereocenters. The van der Waals surface area contributed by atoms with Crippen LogP contribution in [0.15, 0.2) is 72.3 Å². The van der Waals surface area contributed by atoms with E-state index < -0.39 is 24.0 Å². The predicted molar refractivity (Wildman–Crippen MR) is 126 cm³/mol. The second-order valence-corrected chi connectivity index (χ2v) is 8.53. The third-order valence-electron chi connectivity index (χ3n) is 5.39. The van der Waals surface area contributed by atoms with Crippen LogP contribution in [0.4, 0.5) is 0 Å². The highest BCUT2D eigenvalue weighted by molar-refractivity contribution is 6.35. The highest BCUT2D eigenvalue weighted by Gasteiger charge is 2.45. The van der Waals surface area contributed by atoms with Crippen LogP contribution < -0.4 is 4.74 Å². The minimum Gasteiger partial charge on any atom is -0.489 e. The van der Waals surface area contributed by atoms with Crippen LogP contribution in [-0.2, 0) is 20.9 Å². The van der Waals surface area contributed by atoms with Gasteiger partial charge in [0.2, 0.25) is 0 Å². The van der Waals surface area contributed by atoms with E-state index in [4.69, 9.17) is 32.7 Å². The molecule has 0 aliphatic carbocycles. The normalized spacial score (nSPS) is 18.9. The van der Waals surface area contributed by atoms with E-state index in [1.54, 1.807) is 54.6 Å². The number of esters is 1. The van der Waals surface area contributed by atoms with Gasteiger partial charge in [0.25, 0.3) is 0 Å². The molecule has 1 N–H and O–H groups in total. The van der Waals surface area contributed by atoms with Gasteiger partial charge in [-0.3, -0.25) is 4.79 Å². The smallest absolute Gasteiger partial charge is 0.335 e. The maximum absolute atomic E-state index is 12.5. The summed E-state index contributed by atoms with van der Waals surface area (Å²) in [5.74, 6) is -2.27. The first-order valence-electron chi connectivity index (χ1n) is 10.2. The average Bonchev–Trinajstić information content (AvgIpc) is 3.11. The molecule has 0 amide bonds. The van der Waals surface area contributed by atoms with Gasteiger partial charge in [0.1, 0.15) is 24.4 Å². The van der Waals surface area contributed by atoms with Crippen LogP contribution in [0.25, 0.3) is 6.08 Å². The second kappa shape index (κ2) is 9.69. The number of carbonyl (C=O) groups is 2. The van der Waals surface area contributed by atoms with Crippen molar-refractivity contribution in [1.29, 1.82) is 0 Å². The van der Waals surface area contributed by atoms with E-state index in [1.807, 2.05) is 25.1 Å². The molecule has 5 nitrogen and oxygen atoms in total. The van der Waals surface area contributed by atoms with Gasteiger partial charge >= 0.3 is 11.9 Å². The lowest BCUT2D eigenvalue weighted by Crippen LogP contribution is -2.19. The molecule has 3 aromatic rings. The Morgan fingerprint density at radius 2 is 1.73 bits per heavy atom. The number of aliphatic carboxylic acids is 1. The minimum atomic E-state index is -1.12. The zero-order valence-corrected chi connectivity index (χ0v) is 19.1. The number of halogens is 2. The van der Waals surface area contributed by atoms with E-state index in [-0.39, 0.29) is 12.2 Å². The van der Waals surface area contributed by atoms with Crippen molar-refractivity contribution in [2.45, 2.75) is 19.6 Å². The molecule has 1 aliphatic heterocycles. The summed E-state index contributed by atoms with van der Waals surface area (Å²) in [5, 5.41) is 10.9. The number of carboxylic acids is 1. The quantitative estimate of drug-likeness (QED) is 0.331. The van der Waals surface area contributed by atoms with Crippen molar-refractivity contribution >= 4 is 41.2 Å². The Morgan fingerprint density at radius 1 is 1.06 bits per heavy atom. The standard InChI is InChI=1S/C26H20Cl2O5/c1-15-4-2-5-17(12-15)24-23(25(29)30)19(26(31)33-24)13-16-8-10-18(11-9-16)32-14-20-21(27)6-3-7-22(20)28/h2-13,23-24H,14H2,1H3,(H,29,30)/b19-13-. The number of cyclic esters (lactones) is 1. The van der Waals surface area contributed by atoms with Gasteiger partial charge in [0, 0.05) is 15.6 Å². The molecule has 0 radical (unpaired) electrons. The van der Waals surface area contributed by atoms with Crippen molar-refractivity contribution in [3.8, 4) is 5.75 Å². The van der Waals surface area contributed by atoms with Crippen LogP contribution in [0.5, 0.6) is 5.75 Å². The Bertz CT molecular complexity index is 1210. The highest BCUT2D eigenvalue weighted by atomic mass is 35.5. The van der Waals surface area contributed by atoms with Gasteiger partial charge in [-0.2, -0.15) is 0 Å². The molecule has 0 aromatic heterocycles. The predicted octanol–water partition coefficient (Wildman–Crippen LogP) is 6.26. The maximum Gasteiger partial charge on any atom is 0.335 e. The summed E-state index contributed by atoms with van der Waals surface area (Å²) in [6.07, 6.45) is 0.676. The number of rotatable bonds is 6. The molecule has 33 heavy (non-hydrogen) atoms. The molecule has 0 spiro atoms. The molecule has 1 fully saturated rings. The van der Waals surface area contributed by atoms with E-state index in [9.17, 15) is 14.7 Å². The first-order chi connectivity index (χ1) is 15.8. The molecular weight excluding hydrogens is 463 g/mol. The number of carboxylic acid groups (broad SMARTS) is 1. The summed E-state index contributed by atoms with van der Waals surface area (Å²) < 4.78 is 11.2. The Hall–Kier alpha value is -3.28. The minimum absolute atomic E-state index is 0.102. The van der Waals surface area contributed by atoms with Gasteiger partial charge in [0.15, 0.2) is 0 Å². The van der Waals surface area contributed by atoms with E-state index in [2.05, 4.69) is 0 Å². The topological polar surface area (TPSA) is 72.8 Å². The fraction of sp³-hybridized carbons (Fsp3) is 0.154. The molecule has 4 rings (SSSR count). The molecular formula is C26H20Cl2O5. The molecule has 1 saturated heterocycles. The largest absolute Gasteiger partial charge is 0.489 e. The van der Waals surface area contributed by atoms with Crippen molar-refractivity contribution in [2.24, 2.45) is 5.92 Å². The van der Waals surface area contributed by atoms with Crippen molar-refractivity contribution < 1.29 is 24.2 Å². The summed E-state index contributed by atoms with van der Waals surface area (Å²) in [6, 6.07) is 19.5. The zero-order chi connectivity index (χ0) is 23.5. The van der Waals surface area contributed by atoms with Crippen LogP contribution in [-0.4, -0.2) is 17.0 Å². The fourth-order valence-corrected chi connectivity index (χ4v) is 4.23. The maximum atomic E-state index is 12.5. The lowest BCUT2D eigenvalue weighted by molar-refractivity contribution is -0.144. The number of benzene rings is 3. The lowest BCUT2D eigenvalue weighted by Gasteiger charge is -2.15. The van der Waals surface area contributed by atoms with Crippen LogP contribution >= 0.6 is 23.2 Å². The molecule has 0 bridgehead atoms. The molecule has 7 heteroatoms. The van der Waals surface area contributed by atoms with Crippen LogP contribution in [0.1, 0.15) is 28.4 Å². The summed E-state index contributed by atoms with van der Waals surface area (Å²) in [5.41, 5.74) is 3.05. The van der Waals surface area contributed by atoms with E-state index >= 15 is 0 Å². The first-order valence-corrected chi connectivity index (χ1v) is 11.0. The van der Waals surface area contributed by atoms with Gasteiger partial charge < -0.3 is 14.6 Å². The van der Waals surface area contributed by atoms with Crippen molar-refractivity contribution in [1.82, 2.24) is 0 Å². The van der Waals surface area contributed by atoms with Gasteiger partial charge in [0.05, 0.1) is 5.57 Å². The highest BCUT2D eigenvalue weighted by Crippen LogP contribution is 2.40. The molecule has 1 aliphatic rings. The third-order valence-corrected chi connectivity index (χ3v) is 6.10. The summed E-state index contributed by atoms with van der Waals surface area (Å²) >= 11 is 12.3. The van der Waals surface area contributed by atoms with Crippen molar-refractivity contribution in [3.05, 3.63) is 105 Å². The van der Waals surface area contributed by atoms with Crippen LogP contribution in [0.2, 0.25) is 10.0 Å². The van der Waals surface area contributed by atoms with Gasteiger partial charge in [-0.15, -0.1) is 0 Å². The van der Waals surface area contributed by atoms with Crippen LogP contribution in [0, 0.1) is 12.8 Å². The number of ether oxygens (including phenoxy) is 2. The number of hydrogen-bond acceptors (Lipinski definition) is 4. The molecule has 168 valence electrons. The van der Waals surface area contributed by atoms with Gasteiger partial charge in [-0.1, -0.05) is 71.2 Å². The first kappa shape index (κ1) is 22.9. The Morgan fingerprint density at radius 3 is 2.36 bits per heavy atom. The van der Waals surface area contributed by atoms with Crippen LogP contribution in [0.3, 0.4) is 0 Å². The lowest BCUT2D eigenvalue weighted by atomic mass is 9.90. The second-order valence-electron chi connectivity index (χ2n) is 7.71. The number of aryl methyl sites for hydroxylation is 1. The summed E-state index contributed by atoms with van der Waals surface area (Å²) in [6.45, 7) is 2.10. The molecule has 0 saturated carbocycles. The summed E-state index contributed by atoms with van der Waals surface area (Å²) in [7, 11) is 0. The molecule has 1 heterocycles. The average molecular weight is 483 g/mol. The summed E-state index contributed by atoms with van der Waals surface area (Å²) in [4.78, 5) is 24.6. The Kier molecular flexibility index (Phi) is 6.72. The molecule has 3 aromatic carbocycles. The van der Waals surface area contributed by atoms with Gasteiger partial charge in [-0.05, 0) is 48.4 Å².